The maximum Gasteiger partial charge on any atom is 0.229 e. The zero-order valence-corrected chi connectivity index (χ0v) is 17.0. The average molecular weight is 400 g/mol. The highest BCUT2D eigenvalue weighted by molar-refractivity contribution is 5.88. The molecule has 0 saturated carbocycles. The number of carbonyl (C=O) groups is 1. The first-order chi connectivity index (χ1) is 14.7. The highest BCUT2D eigenvalue weighted by atomic mass is 16.2. The molecule has 1 saturated heterocycles. The predicted octanol–water partition coefficient (Wildman–Crippen LogP) is 3.35. The van der Waals surface area contributed by atoms with Gasteiger partial charge in [0.15, 0.2) is 11.5 Å². The molecule has 2 aromatic heterocycles. The summed E-state index contributed by atoms with van der Waals surface area (Å²) in [5.74, 6) is 0.871. The number of anilines is 1. The summed E-state index contributed by atoms with van der Waals surface area (Å²) in [6, 6.07) is 14.6. The van der Waals surface area contributed by atoms with Gasteiger partial charge in [-0.2, -0.15) is 0 Å². The van der Waals surface area contributed by atoms with Gasteiger partial charge in [0.25, 0.3) is 0 Å². The summed E-state index contributed by atoms with van der Waals surface area (Å²) < 4.78 is 0. The number of benzene rings is 2. The third-order valence-electron chi connectivity index (χ3n) is 5.95. The summed E-state index contributed by atoms with van der Waals surface area (Å²) in [4.78, 5) is 33.5. The second-order valence-electron chi connectivity index (χ2n) is 7.79. The Bertz CT molecular complexity index is 1200. The first-order valence-corrected chi connectivity index (χ1v) is 10.4. The summed E-state index contributed by atoms with van der Waals surface area (Å²) in [6.07, 6.45) is 4.09. The van der Waals surface area contributed by atoms with Crippen LogP contribution in [0.3, 0.4) is 0 Å². The zero-order chi connectivity index (χ0) is 20.5. The highest BCUT2D eigenvalue weighted by Crippen LogP contribution is 2.25. The molecule has 30 heavy (non-hydrogen) atoms. The highest BCUT2D eigenvalue weighted by Gasteiger charge is 2.25. The fourth-order valence-electron chi connectivity index (χ4n) is 4.24. The number of amides is 1. The fraction of sp³-hybridized carbons (Fsp3) is 0.304. The van der Waals surface area contributed by atoms with E-state index in [2.05, 4.69) is 55.2 Å². The van der Waals surface area contributed by atoms with Gasteiger partial charge in [-0.05, 0) is 29.7 Å². The van der Waals surface area contributed by atoms with Crippen molar-refractivity contribution >= 4 is 33.7 Å². The van der Waals surface area contributed by atoms with Crippen LogP contribution in [-0.4, -0.2) is 56.9 Å². The Morgan fingerprint density at radius 1 is 1.00 bits per heavy atom. The Morgan fingerprint density at radius 3 is 2.77 bits per heavy atom. The number of imidazole rings is 1. The molecule has 3 heterocycles. The summed E-state index contributed by atoms with van der Waals surface area (Å²) in [5.41, 5.74) is 2.58. The Morgan fingerprint density at radius 2 is 1.87 bits per heavy atom. The molecule has 2 aromatic carbocycles. The molecule has 0 unspecified atom stereocenters. The standard InChI is InChI=1S/C23H24N6O/c1-16(18-8-7-17-5-2-3-6-19(17)13-18)23(30)29-10-4-9-28(11-12-29)22-20-21(25-14-24-20)26-15-27-22/h2-3,5-8,13-16H,4,9-12H2,1H3,(H,24,25,26,27)/t16-/m1/s1. The van der Waals surface area contributed by atoms with Gasteiger partial charge in [0.05, 0.1) is 12.2 Å². The predicted molar refractivity (Wildman–Crippen MR) is 117 cm³/mol. The number of carbonyl (C=O) groups excluding carboxylic acids is 1. The number of H-pyrrole nitrogens is 1. The summed E-state index contributed by atoms with van der Waals surface area (Å²) >= 11 is 0. The van der Waals surface area contributed by atoms with Crippen LogP contribution in [0.15, 0.2) is 55.1 Å². The largest absolute Gasteiger partial charge is 0.353 e. The van der Waals surface area contributed by atoms with Gasteiger partial charge in [-0.25, -0.2) is 15.0 Å². The monoisotopic (exact) mass is 400 g/mol. The van der Waals surface area contributed by atoms with Crippen LogP contribution in [-0.2, 0) is 4.79 Å². The van der Waals surface area contributed by atoms with E-state index in [1.807, 2.05) is 24.0 Å². The molecule has 1 atom stereocenters. The third kappa shape index (κ3) is 3.36. The number of hydrogen-bond acceptors (Lipinski definition) is 5. The summed E-state index contributed by atoms with van der Waals surface area (Å²) in [7, 11) is 0. The van der Waals surface area contributed by atoms with Gasteiger partial charge in [-0.1, -0.05) is 42.5 Å². The molecule has 4 aromatic rings. The van der Waals surface area contributed by atoms with Gasteiger partial charge >= 0.3 is 0 Å². The number of nitrogens with zero attached hydrogens (tertiary/aromatic N) is 5. The Hall–Kier alpha value is -3.48. The lowest BCUT2D eigenvalue weighted by atomic mass is 9.96. The molecule has 152 valence electrons. The molecule has 0 aliphatic carbocycles. The minimum Gasteiger partial charge on any atom is -0.353 e. The molecule has 5 rings (SSSR count). The van der Waals surface area contributed by atoms with Crippen molar-refractivity contribution in [3.05, 3.63) is 60.7 Å². The van der Waals surface area contributed by atoms with Crippen molar-refractivity contribution < 1.29 is 4.79 Å². The van der Waals surface area contributed by atoms with E-state index in [1.165, 1.54) is 10.8 Å². The minimum absolute atomic E-state index is 0.167. The minimum atomic E-state index is -0.167. The molecule has 7 heteroatoms. The fourth-order valence-corrected chi connectivity index (χ4v) is 4.24. The van der Waals surface area contributed by atoms with E-state index in [0.717, 1.165) is 43.0 Å². The summed E-state index contributed by atoms with van der Waals surface area (Å²) in [5, 5.41) is 2.37. The zero-order valence-electron chi connectivity index (χ0n) is 17.0. The number of hydrogen-bond donors (Lipinski definition) is 1. The van der Waals surface area contributed by atoms with Crippen molar-refractivity contribution in [2.24, 2.45) is 0 Å². The number of fused-ring (bicyclic) bond motifs is 2. The molecule has 1 aliphatic rings. The summed E-state index contributed by atoms with van der Waals surface area (Å²) in [6.45, 7) is 5.02. The van der Waals surface area contributed by atoms with Crippen molar-refractivity contribution in [3.63, 3.8) is 0 Å². The van der Waals surface area contributed by atoms with Gasteiger partial charge in [-0.15, -0.1) is 0 Å². The molecule has 1 N–H and O–H groups in total. The third-order valence-corrected chi connectivity index (χ3v) is 5.95. The van der Waals surface area contributed by atoms with Gasteiger partial charge in [0.2, 0.25) is 5.91 Å². The van der Waals surface area contributed by atoms with Gasteiger partial charge in [-0.3, -0.25) is 4.79 Å². The SMILES string of the molecule is C[C@@H](C(=O)N1CCCN(c2ncnc3nc[nH]c23)CC1)c1ccc2ccccc2c1. The smallest absolute Gasteiger partial charge is 0.229 e. The van der Waals surface area contributed by atoms with Crippen LogP contribution >= 0.6 is 0 Å². The van der Waals surface area contributed by atoms with Crippen molar-refractivity contribution in [1.82, 2.24) is 24.8 Å². The Kier molecular flexibility index (Phi) is 4.78. The lowest BCUT2D eigenvalue weighted by molar-refractivity contribution is -0.132. The van der Waals surface area contributed by atoms with Crippen LogP contribution in [0.1, 0.15) is 24.8 Å². The van der Waals surface area contributed by atoms with Crippen molar-refractivity contribution in [1.29, 1.82) is 0 Å². The van der Waals surface area contributed by atoms with Gasteiger partial charge in [0, 0.05) is 26.2 Å². The van der Waals surface area contributed by atoms with E-state index in [0.29, 0.717) is 12.2 Å². The van der Waals surface area contributed by atoms with E-state index in [-0.39, 0.29) is 11.8 Å². The molecule has 1 aliphatic heterocycles. The Labute approximate surface area is 174 Å². The molecule has 0 radical (unpaired) electrons. The van der Waals surface area contributed by atoms with Crippen LogP contribution in [0.5, 0.6) is 0 Å². The lowest BCUT2D eigenvalue weighted by Crippen LogP contribution is -2.37. The molecule has 0 bridgehead atoms. The number of aromatic amines is 1. The van der Waals surface area contributed by atoms with Crippen molar-refractivity contribution in [2.45, 2.75) is 19.3 Å². The maximum atomic E-state index is 13.3. The van der Waals surface area contributed by atoms with E-state index >= 15 is 0 Å². The first kappa shape index (κ1) is 18.5. The van der Waals surface area contributed by atoms with E-state index in [4.69, 9.17) is 0 Å². The molecular weight excluding hydrogens is 376 g/mol. The average Bonchev–Trinajstić information content (AvgIpc) is 3.14. The van der Waals surface area contributed by atoms with Crippen LogP contribution in [0, 0.1) is 0 Å². The van der Waals surface area contributed by atoms with Gasteiger partial charge < -0.3 is 14.8 Å². The van der Waals surface area contributed by atoms with E-state index in [9.17, 15) is 4.79 Å². The van der Waals surface area contributed by atoms with Crippen LogP contribution in [0.2, 0.25) is 0 Å². The van der Waals surface area contributed by atoms with E-state index in [1.54, 1.807) is 12.7 Å². The van der Waals surface area contributed by atoms with Crippen LogP contribution in [0.4, 0.5) is 5.82 Å². The lowest BCUT2D eigenvalue weighted by Gasteiger charge is -2.25. The number of rotatable bonds is 3. The first-order valence-electron chi connectivity index (χ1n) is 10.4. The normalized spacial score (nSPS) is 16.0. The van der Waals surface area contributed by atoms with Crippen molar-refractivity contribution in [3.8, 4) is 0 Å². The number of nitrogens with one attached hydrogen (secondary N) is 1. The van der Waals surface area contributed by atoms with E-state index < -0.39 is 0 Å². The van der Waals surface area contributed by atoms with Crippen molar-refractivity contribution in [2.75, 3.05) is 31.1 Å². The molecular formula is C23H24N6O. The van der Waals surface area contributed by atoms with Crippen LogP contribution in [0.25, 0.3) is 21.9 Å². The quantitative estimate of drug-likeness (QED) is 0.571. The second kappa shape index (κ2) is 7.74. The maximum absolute atomic E-state index is 13.3. The molecule has 1 amide bonds. The molecule has 0 spiro atoms. The second-order valence-corrected chi connectivity index (χ2v) is 7.79. The topological polar surface area (TPSA) is 78.0 Å². The van der Waals surface area contributed by atoms with Gasteiger partial charge in [0.1, 0.15) is 11.8 Å². The van der Waals surface area contributed by atoms with Crippen LogP contribution < -0.4 is 4.90 Å². The molecule has 7 nitrogen and oxygen atoms in total. The Balaban J connectivity index is 1.32. The molecule has 1 fully saturated rings. The number of aromatic nitrogens is 4.